The Labute approximate surface area is 105 Å². The van der Waals surface area contributed by atoms with E-state index in [2.05, 4.69) is 6.92 Å². The van der Waals surface area contributed by atoms with Crippen molar-refractivity contribution in [3.8, 4) is 0 Å². The van der Waals surface area contributed by atoms with Gasteiger partial charge in [0, 0.05) is 9.79 Å². The van der Waals surface area contributed by atoms with Crippen molar-refractivity contribution in [1.82, 2.24) is 0 Å². The lowest BCUT2D eigenvalue weighted by Crippen LogP contribution is -1.97. The van der Waals surface area contributed by atoms with E-state index in [0.29, 0.717) is 0 Å². The van der Waals surface area contributed by atoms with Crippen LogP contribution in [-0.2, 0) is 17.2 Å². The van der Waals surface area contributed by atoms with Gasteiger partial charge in [-0.3, -0.25) is 0 Å². The van der Waals surface area contributed by atoms with E-state index in [9.17, 15) is 4.21 Å². The molecule has 0 bridgehead atoms. The van der Waals surface area contributed by atoms with Crippen LogP contribution in [0.25, 0.3) is 0 Å². The smallest absolute Gasteiger partial charge is 0.0852 e. The van der Waals surface area contributed by atoms with Gasteiger partial charge < -0.3 is 0 Å². The maximum atomic E-state index is 12.4. The molecule has 2 heteroatoms. The van der Waals surface area contributed by atoms with Gasteiger partial charge in [0.1, 0.15) is 0 Å². The highest BCUT2D eigenvalue weighted by Gasteiger charge is 2.10. The topological polar surface area (TPSA) is 17.1 Å². The first-order valence-corrected chi connectivity index (χ1v) is 6.93. The summed E-state index contributed by atoms with van der Waals surface area (Å²) in [6.07, 6.45) is 0.910. The molecule has 17 heavy (non-hydrogen) atoms. The average molecular weight is 244 g/mol. The number of rotatable bonds is 3. The average Bonchev–Trinajstić information content (AvgIpc) is 2.39. The molecule has 0 saturated heterocycles. The molecule has 1 atom stereocenters. The number of hydrogen-bond acceptors (Lipinski definition) is 1. The molecule has 88 valence electrons. The maximum Gasteiger partial charge on any atom is 0.0852 e. The molecule has 0 heterocycles. The third-order valence-corrected chi connectivity index (χ3v) is 4.29. The first-order chi connectivity index (χ1) is 8.22. The first kappa shape index (κ1) is 12.1. The largest absolute Gasteiger partial charge is 0.249 e. The predicted molar refractivity (Wildman–Crippen MR) is 71.7 cm³/mol. The summed E-state index contributed by atoms with van der Waals surface area (Å²) < 4.78 is 12.4. The Morgan fingerprint density at radius 2 is 1.65 bits per heavy atom. The Bertz CT molecular complexity index is 529. The van der Waals surface area contributed by atoms with E-state index >= 15 is 0 Å². The highest BCUT2D eigenvalue weighted by atomic mass is 32.2. The minimum Gasteiger partial charge on any atom is -0.249 e. The van der Waals surface area contributed by atoms with Crippen LogP contribution < -0.4 is 0 Å². The minimum atomic E-state index is -1.07. The molecule has 2 aromatic rings. The molecular weight excluding hydrogens is 228 g/mol. The summed E-state index contributed by atoms with van der Waals surface area (Å²) in [4.78, 5) is 1.80. The van der Waals surface area contributed by atoms with Crippen LogP contribution in [0, 0.1) is 6.92 Å². The van der Waals surface area contributed by atoms with Crippen LogP contribution in [0.4, 0.5) is 0 Å². The van der Waals surface area contributed by atoms with Crippen LogP contribution in [0.5, 0.6) is 0 Å². The van der Waals surface area contributed by atoms with Crippen molar-refractivity contribution in [3.05, 3.63) is 59.7 Å². The Kier molecular flexibility index (Phi) is 3.75. The highest BCUT2D eigenvalue weighted by molar-refractivity contribution is 7.85. The Balaban J connectivity index is 2.40. The zero-order chi connectivity index (χ0) is 12.3. The lowest BCUT2D eigenvalue weighted by molar-refractivity contribution is 0.682. The lowest BCUT2D eigenvalue weighted by Gasteiger charge is -2.07. The lowest BCUT2D eigenvalue weighted by atomic mass is 10.2. The summed E-state index contributed by atoms with van der Waals surface area (Å²) in [6.45, 7) is 4.12. The number of benzene rings is 2. The standard InChI is InChI=1S/C15H16OS/c1-3-13-6-4-5-7-15(13)17(16)14-10-8-12(2)9-11-14/h4-11H,3H2,1-2H3/t17-/m0/s1. The van der Waals surface area contributed by atoms with Crippen molar-refractivity contribution in [2.45, 2.75) is 30.1 Å². The van der Waals surface area contributed by atoms with Gasteiger partial charge in [-0.1, -0.05) is 42.8 Å². The Morgan fingerprint density at radius 1 is 1.00 bits per heavy atom. The fraction of sp³-hybridized carbons (Fsp3) is 0.200. The van der Waals surface area contributed by atoms with Crippen LogP contribution in [0.15, 0.2) is 58.3 Å². The SMILES string of the molecule is CCc1ccccc1[S@@](=O)c1ccc(C)cc1. The first-order valence-electron chi connectivity index (χ1n) is 5.78. The van der Waals surface area contributed by atoms with E-state index in [1.807, 2.05) is 55.5 Å². The summed E-state index contributed by atoms with van der Waals surface area (Å²) >= 11 is 0. The highest BCUT2D eigenvalue weighted by Crippen LogP contribution is 2.20. The molecule has 0 aliphatic heterocycles. The second kappa shape index (κ2) is 5.28. The van der Waals surface area contributed by atoms with Crippen LogP contribution in [-0.4, -0.2) is 4.21 Å². The van der Waals surface area contributed by atoms with Gasteiger partial charge >= 0.3 is 0 Å². The Morgan fingerprint density at radius 3 is 2.29 bits per heavy atom. The third-order valence-electron chi connectivity index (χ3n) is 2.79. The van der Waals surface area contributed by atoms with Crippen LogP contribution in [0.3, 0.4) is 0 Å². The molecule has 0 amide bonds. The van der Waals surface area contributed by atoms with Crippen LogP contribution >= 0.6 is 0 Å². The van der Waals surface area contributed by atoms with Crippen molar-refractivity contribution in [2.24, 2.45) is 0 Å². The molecule has 0 radical (unpaired) electrons. The molecule has 0 spiro atoms. The van der Waals surface area contributed by atoms with E-state index in [1.54, 1.807) is 0 Å². The van der Waals surface area contributed by atoms with E-state index in [4.69, 9.17) is 0 Å². The van der Waals surface area contributed by atoms with Crippen molar-refractivity contribution in [3.63, 3.8) is 0 Å². The summed E-state index contributed by atoms with van der Waals surface area (Å²) in [7, 11) is -1.07. The summed E-state index contributed by atoms with van der Waals surface area (Å²) in [6, 6.07) is 15.8. The van der Waals surface area contributed by atoms with Gasteiger partial charge in [-0.25, -0.2) is 4.21 Å². The maximum absolute atomic E-state index is 12.4. The molecule has 2 aromatic carbocycles. The van der Waals surface area contributed by atoms with Crippen molar-refractivity contribution in [2.75, 3.05) is 0 Å². The summed E-state index contributed by atoms with van der Waals surface area (Å²) in [5, 5.41) is 0. The van der Waals surface area contributed by atoms with Gasteiger partial charge in [0.15, 0.2) is 0 Å². The normalized spacial score (nSPS) is 12.4. The molecule has 0 unspecified atom stereocenters. The number of aryl methyl sites for hydroxylation is 2. The molecule has 0 aromatic heterocycles. The van der Waals surface area contributed by atoms with Crippen molar-refractivity contribution < 1.29 is 4.21 Å². The fourth-order valence-electron chi connectivity index (χ4n) is 1.77. The van der Waals surface area contributed by atoms with E-state index < -0.39 is 10.8 Å². The second-order valence-corrected chi connectivity index (χ2v) is 5.49. The Hall–Kier alpha value is -1.41. The summed E-state index contributed by atoms with van der Waals surface area (Å²) in [5.74, 6) is 0. The number of hydrogen-bond donors (Lipinski definition) is 0. The van der Waals surface area contributed by atoms with Gasteiger partial charge in [-0.15, -0.1) is 0 Å². The fourth-order valence-corrected chi connectivity index (χ4v) is 3.06. The molecule has 2 rings (SSSR count). The van der Waals surface area contributed by atoms with Crippen LogP contribution in [0.1, 0.15) is 18.1 Å². The molecule has 0 saturated carbocycles. The molecular formula is C15H16OS. The van der Waals surface area contributed by atoms with Crippen LogP contribution in [0.2, 0.25) is 0 Å². The van der Waals surface area contributed by atoms with Crippen molar-refractivity contribution >= 4 is 10.8 Å². The second-order valence-electron chi connectivity index (χ2n) is 4.04. The van der Waals surface area contributed by atoms with E-state index in [-0.39, 0.29) is 0 Å². The van der Waals surface area contributed by atoms with E-state index in [1.165, 1.54) is 5.56 Å². The zero-order valence-electron chi connectivity index (χ0n) is 10.1. The molecule has 0 aliphatic carbocycles. The molecule has 0 fully saturated rings. The van der Waals surface area contributed by atoms with Crippen molar-refractivity contribution in [1.29, 1.82) is 0 Å². The molecule has 0 aliphatic rings. The van der Waals surface area contributed by atoms with Gasteiger partial charge in [0.25, 0.3) is 0 Å². The predicted octanol–water partition coefficient (Wildman–Crippen LogP) is 3.72. The third kappa shape index (κ3) is 2.64. The van der Waals surface area contributed by atoms with Gasteiger partial charge in [0.05, 0.1) is 10.8 Å². The van der Waals surface area contributed by atoms with Gasteiger partial charge in [-0.05, 0) is 37.1 Å². The molecule has 1 nitrogen and oxygen atoms in total. The molecule has 0 N–H and O–H groups in total. The monoisotopic (exact) mass is 244 g/mol. The van der Waals surface area contributed by atoms with E-state index in [0.717, 1.165) is 21.8 Å². The quantitative estimate of drug-likeness (QED) is 0.804. The van der Waals surface area contributed by atoms with Gasteiger partial charge in [-0.2, -0.15) is 0 Å². The van der Waals surface area contributed by atoms with Gasteiger partial charge in [0.2, 0.25) is 0 Å². The zero-order valence-corrected chi connectivity index (χ0v) is 11.0. The minimum absolute atomic E-state index is 0.872. The summed E-state index contributed by atoms with van der Waals surface area (Å²) in [5.41, 5.74) is 2.35.